The van der Waals surface area contributed by atoms with Crippen LogP contribution in [-0.2, 0) is 9.05 Å². The molecule has 0 amide bonds. The van der Waals surface area contributed by atoms with Crippen LogP contribution in [0.1, 0.15) is 4.88 Å². The maximum atomic E-state index is 11.4. The third kappa shape index (κ3) is 2.05. The molecule has 0 N–H and O–H groups in total. The molecule has 1 aromatic carbocycles. The molecule has 1 aromatic heterocycles. The molecule has 0 spiro atoms. The van der Waals surface area contributed by atoms with Crippen LogP contribution in [0.2, 0.25) is 10.0 Å². The third-order valence-electron chi connectivity index (χ3n) is 2.07. The van der Waals surface area contributed by atoms with Gasteiger partial charge in [-0.1, -0.05) is 23.2 Å². The van der Waals surface area contributed by atoms with Crippen molar-refractivity contribution in [2.75, 3.05) is 0 Å². The Labute approximate surface area is 111 Å². The minimum absolute atomic E-state index is 0.0795. The van der Waals surface area contributed by atoms with Gasteiger partial charge >= 0.3 is 0 Å². The molecular weight excluding hydrogens is 311 g/mol. The van der Waals surface area contributed by atoms with Crippen LogP contribution in [0.5, 0.6) is 0 Å². The van der Waals surface area contributed by atoms with Crippen LogP contribution in [0.15, 0.2) is 17.0 Å². The van der Waals surface area contributed by atoms with Gasteiger partial charge < -0.3 is 0 Å². The number of halogens is 3. The fraction of sp³-hybridized carbons (Fsp3) is 0.111. The van der Waals surface area contributed by atoms with Crippen LogP contribution in [-0.4, -0.2) is 8.42 Å². The largest absolute Gasteiger partial charge is 0.263 e. The molecule has 1 heterocycles. The number of rotatable bonds is 1. The van der Waals surface area contributed by atoms with Gasteiger partial charge in [-0.15, -0.1) is 11.3 Å². The van der Waals surface area contributed by atoms with Crippen LogP contribution in [0.4, 0.5) is 0 Å². The first kappa shape index (κ1) is 12.5. The van der Waals surface area contributed by atoms with Gasteiger partial charge in [0.25, 0.3) is 9.05 Å². The van der Waals surface area contributed by atoms with Gasteiger partial charge in [0.2, 0.25) is 0 Å². The van der Waals surface area contributed by atoms with E-state index in [2.05, 4.69) is 0 Å². The van der Waals surface area contributed by atoms with Crippen molar-refractivity contribution in [3.63, 3.8) is 0 Å². The van der Waals surface area contributed by atoms with Gasteiger partial charge in [0.1, 0.15) is 4.90 Å². The Bertz CT molecular complexity index is 674. The van der Waals surface area contributed by atoms with Crippen LogP contribution in [0.3, 0.4) is 0 Å². The Morgan fingerprint density at radius 2 is 1.88 bits per heavy atom. The van der Waals surface area contributed by atoms with Crippen molar-refractivity contribution in [2.24, 2.45) is 0 Å². The van der Waals surface area contributed by atoms with Crippen LogP contribution >= 0.6 is 45.2 Å². The summed E-state index contributed by atoms with van der Waals surface area (Å²) in [5.41, 5.74) is 0. The summed E-state index contributed by atoms with van der Waals surface area (Å²) in [5.74, 6) is 0. The van der Waals surface area contributed by atoms with Crippen molar-refractivity contribution in [3.05, 3.63) is 27.1 Å². The molecule has 0 atom stereocenters. The summed E-state index contributed by atoms with van der Waals surface area (Å²) in [6, 6.07) is 3.18. The summed E-state index contributed by atoms with van der Waals surface area (Å²) in [5, 5.41) is 1.21. The molecule has 86 valence electrons. The fourth-order valence-electron chi connectivity index (χ4n) is 1.53. The molecule has 2 aromatic rings. The Morgan fingerprint density at radius 1 is 1.25 bits per heavy atom. The van der Waals surface area contributed by atoms with E-state index in [9.17, 15) is 8.42 Å². The van der Waals surface area contributed by atoms with E-state index in [-0.39, 0.29) is 4.90 Å². The number of fused-ring (bicyclic) bond motifs is 1. The Morgan fingerprint density at radius 3 is 2.44 bits per heavy atom. The van der Waals surface area contributed by atoms with Crippen molar-refractivity contribution in [2.45, 2.75) is 11.8 Å². The van der Waals surface area contributed by atoms with Crippen LogP contribution in [0.25, 0.3) is 10.1 Å². The molecule has 7 heteroatoms. The van der Waals surface area contributed by atoms with Crippen LogP contribution < -0.4 is 0 Å². The lowest BCUT2D eigenvalue weighted by atomic mass is 10.2. The molecule has 2 nitrogen and oxygen atoms in total. The van der Waals surface area contributed by atoms with Gasteiger partial charge in [0, 0.05) is 30.7 Å². The van der Waals surface area contributed by atoms with Crippen LogP contribution in [0, 0.1) is 6.92 Å². The molecule has 0 aliphatic heterocycles. The van der Waals surface area contributed by atoms with Crippen molar-refractivity contribution in [3.8, 4) is 0 Å². The fourth-order valence-corrected chi connectivity index (χ4v) is 5.36. The number of aryl methyl sites for hydroxylation is 1. The van der Waals surface area contributed by atoms with Crippen molar-refractivity contribution < 1.29 is 8.42 Å². The highest BCUT2D eigenvalue weighted by atomic mass is 35.7. The quantitative estimate of drug-likeness (QED) is 0.729. The first-order valence-corrected chi connectivity index (χ1v) is 8.01. The third-order valence-corrected chi connectivity index (χ3v) is 5.23. The average molecular weight is 316 g/mol. The molecule has 0 bridgehead atoms. The monoisotopic (exact) mass is 314 g/mol. The maximum absolute atomic E-state index is 11.4. The predicted octanol–water partition coefficient (Wildman–Crippen LogP) is 4.44. The molecule has 0 aliphatic carbocycles. The smallest absolute Gasteiger partial charge is 0.207 e. The highest BCUT2D eigenvalue weighted by Crippen LogP contribution is 2.41. The van der Waals surface area contributed by atoms with E-state index in [4.69, 9.17) is 33.9 Å². The molecule has 0 fully saturated rings. The van der Waals surface area contributed by atoms with E-state index in [0.717, 1.165) is 0 Å². The molecule has 16 heavy (non-hydrogen) atoms. The number of hydrogen-bond donors (Lipinski definition) is 0. The molecule has 0 aliphatic rings. The number of hydrogen-bond acceptors (Lipinski definition) is 3. The summed E-state index contributed by atoms with van der Waals surface area (Å²) < 4.78 is 23.6. The van der Waals surface area contributed by atoms with Gasteiger partial charge in [-0.05, 0) is 19.1 Å². The SMILES string of the molecule is Cc1sc2cc(Cl)cc(Cl)c2c1S(=O)(=O)Cl. The van der Waals surface area contributed by atoms with E-state index >= 15 is 0 Å². The molecular formula is C9H5Cl3O2S2. The second-order valence-electron chi connectivity index (χ2n) is 3.19. The summed E-state index contributed by atoms with van der Waals surface area (Å²) in [7, 11) is 1.59. The van der Waals surface area contributed by atoms with E-state index in [1.807, 2.05) is 0 Å². The lowest BCUT2D eigenvalue weighted by Gasteiger charge is -1.99. The topological polar surface area (TPSA) is 34.1 Å². The summed E-state index contributed by atoms with van der Waals surface area (Å²) in [4.78, 5) is 0.685. The minimum atomic E-state index is -3.80. The minimum Gasteiger partial charge on any atom is -0.207 e. The average Bonchev–Trinajstić information content (AvgIpc) is 2.39. The lowest BCUT2D eigenvalue weighted by molar-refractivity contribution is 0.610. The van der Waals surface area contributed by atoms with E-state index in [1.54, 1.807) is 13.0 Å². The highest BCUT2D eigenvalue weighted by molar-refractivity contribution is 8.14. The standard InChI is InChI=1S/C9H5Cl3O2S2/c1-4-9(16(12,13)14)8-6(11)2-5(10)3-7(8)15-4/h2-3H,1H3. The normalized spacial score (nSPS) is 12.2. The second kappa shape index (κ2) is 4.03. The lowest BCUT2D eigenvalue weighted by Crippen LogP contribution is -1.91. The Kier molecular flexibility index (Phi) is 3.14. The molecule has 0 unspecified atom stereocenters. The summed E-state index contributed by atoms with van der Waals surface area (Å²) >= 11 is 13.1. The van der Waals surface area contributed by atoms with E-state index in [1.165, 1.54) is 17.4 Å². The number of thiophene rings is 1. The second-order valence-corrected chi connectivity index (χ2v) is 7.79. The van der Waals surface area contributed by atoms with E-state index < -0.39 is 9.05 Å². The van der Waals surface area contributed by atoms with Gasteiger partial charge in [-0.2, -0.15) is 0 Å². The summed E-state index contributed by atoms with van der Waals surface area (Å²) in [6.07, 6.45) is 0. The predicted molar refractivity (Wildman–Crippen MR) is 69.6 cm³/mol. The zero-order valence-corrected chi connectivity index (χ0v) is 11.8. The Balaban J connectivity index is 3.01. The summed E-state index contributed by atoms with van der Waals surface area (Å²) in [6.45, 7) is 1.68. The molecule has 0 saturated heterocycles. The van der Waals surface area contributed by atoms with Crippen molar-refractivity contribution >= 4 is 64.4 Å². The molecule has 0 radical (unpaired) electrons. The number of benzene rings is 1. The molecule has 0 saturated carbocycles. The van der Waals surface area contributed by atoms with E-state index in [0.29, 0.717) is 25.0 Å². The van der Waals surface area contributed by atoms with Gasteiger partial charge in [-0.25, -0.2) is 8.42 Å². The zero-order valence-electron chi connectivity index (χ0n) is 7.92. The van der Waals surface area contributed by atoms with Gasteiger partial charge in [0.15, 0.2) is 0 Å². The van der Waals surface area contributed by atoms with Crippen molar-refractivity contribution in [1.82, 2.24) is 0 Å². The maximum Gasteiger partial charge on any atom is 0.263 e. The van der Waals surface area contributed by atoms with Gasteiger partial charge in [-0.3, -0.25) is 0 Å². The molecule has 2 rings (SSSR count). The van der Waals surface area contributed by atoms with Gasteiger partial charge in [0.05, 0.1) is 5.02 Å². The Hall–Kier alpha value is -0.000000000000000167. The van der Waals surface area contributed by atoms with Crippen molar-refractivity contribution in [1.29, 1.82) is 0 Å². The highest BCUT2D eigenvalue weighted by Gasteiger charge is 2.22. The first-order valence-electron chi connectivity index (χ1n) is 4.13. The zero-order chi connectivity index (χ0) is 12.1. The first-order chi connectivity index (χ1) is 7.30.